The van der Waals surface area contributed by atoms with Crippen LogP contribution in [0.15, 0.2) is 53.1 Å². The summed E-state index contributed by atoms with van der Waals surface area (Å²) in [5.41, 5.74) is 2.88. The molecule has 0 spiro atoms. The zero-order valence-electron chi connectivity index (χ0n) is 22.1. The summed E-state index contributed by atoms with van der Waals surface area (Å²) in [4.78, 5) is 40.5. The molecule has 8 heteroatoms. The van der Waals surface area contributed by atoms with Crippen molar-refractivity contribution in [2.45, 2.75) is 56.2 Å². The van der Waals surface area contributed by atoms with E-state index in [4.69, 9.17) is 14.2 Å². The van der Waals surface area contributed by atoms with Crippen molar-refractivity contribution in [2.24, 2.45) is 5.92 Å². The number of rotatable bonds is 7. The van der Waals surface area contributed by atoms with Crippen LogP contribution in [0.1, 0.15) is 55.1 Å². The second kappa shape index (κ2) is 11.1. The standard InChI is InChI=1S/C29H33NO6S/c1-7-30(5)27-22-15-25(34-6)23(33)14-21(22)26-20(29(27)37-19-10-8-16(2)9-11-19)12-13-24(35-17(3)31)28(26)36-18(4)32/h8-13,15,21-22,27,29H,7,14H2,1-6H3. The number of esters is 2. The smallest absolute Gasteiger partial charge is 0.308 e. The number of thioether (sulfide) groups is 1. The van der Waals surface area contributed by atoms with Crippen LogP contribution in [0.2, 0.25) is 0 Å². The zero-order valence-corrected chi connectivity index (χ0v) is 22.9. The van der Waals surface area contributed by atoms with Gasteiger partial charge in [0.25, 0.3) is 0 Å². The van der Waals surface area contributed by atoms with Gasteiger partial charge in [-0.2, -0.15) is 0 Å². The third kappa shape index (κ3) is 5.45. The van der Waals surface area contributed by atoms with E-state index in [0.717, 1.165) is 22.6 Å². The molecule has 0 heterocycles. The number of allylic oxidation sites excluding steroid dienone is 1. The van der Waals surface area contributed by atoms with Gasteiger partial charge in [-0.05, 0) is 50.4 Å². The first-order chi connectivity index (χ1) is 17.6. The second-order valence-corrected chi connectivity index (χ2v) is 10.8. The number of likely N-dealkylation sites (N-methyl/N-ethyl adjacent to an activating group) is 1. The van der Waals surface area contributed by atoms with Gasteiger partial charge in [0.1, 0.15) is 0 Å². The van der Waals surface area contributed by atoms with Gasteiger partial charge < -0.3 is 19.1 Å². The van der Waals surface area contributed by atoms with Gasteiger partial charge in [-0.25, -0.2) is 0 Å². The molecule has 0 amide bonds. The summed E-state index contributed by atoms with van der Waals surface area (Å²) >= 11 is 1.74. The molecular formula is C29H33NO6S. The van der Waals surface area contributed by atoms with E-state index in [-0.39, 0.29) is 46.8 Å². The van der Waals surface area contributed by atoms with Gasteiger partial charge in [0.2, 0.25) is 0 Å². The molecule has 0 N–H and O–H groups in total. The lowest BCUT2D eigenvalue weighted by atomic mass is 9.66. The number of carbonyl (C=O) groups excluding carboxylic acids is 3. The maximum atomic E-state index is 13.0. The van der Waals surface area contributed by atoms with E-state index in [0.29, 0.717) is 5.76 Å². The van der Waals surface area contributed by atoms with Crippen LogP contribution < -0.4 is 9.47 Å². The molecule has 0 fully saturated rings. The highest BCUT2D eigenvalue weighted by atomic mass is 32.2. The Labute approximate surface area is 222 Å². The highest BCUT2D eigenvalue weighted by molar-refractivity contribution is 7.99. The molecule has 2 aliphatic rings. The van der Waals surface area contributed by atoms with E-state index >= 15 is 0 Å². The average molecular weight is 524 g/mol. The van der Waals surface area contributed by atoms with Crippen LogP contribution >= 0.6 is 11.8 Å². The maximum absolute atomic E-state index is 13.0. The lowest BCUT2D eigenvalue weighted by Crippen LogP contribution is -2.48. The number of benzene rings is 2. The summed E-state index contributed by atoms with van der Waals surface area (Å²) in [6, 6.07) is 12.0. The Bertz CT molecular complexity index is 1240. The molecule has 0 aromatic heterocycles. The Hall–Kier alpha value is -3.10. The topological polar surface area (TPSA) is 82.1 Å². The Balaban J connectivity index is 1.98. The summed E-state index contributed by atoms with van der Waals surface area (Å²) in [5.74, 6) is -0.789. The molecule has 37 heavy (non-hydrogen) atoms. The molecule has 4 atom stereocenters. The first-order valence-corrected chi connectivity index (χ1v) is 13.3. The monoisotopic (exact) mass is 523 g/mol. The van der Waals surface area contributed by atoms with Crippen LogP contribution in [0.25, 0.3) is 0 Å². The van der Waals surface area contributed by atoms with E-state index in [1.54, 1.807) is 17.8 Å². The van der Waals surface area contributed by atoms with Crippen LogP contribution in [-0.2, 0) is 19.1 Å². The number of hydrogen-bond acceptors (Lipinski definition) is 8. The lowest BCUT2D eigenvalue weighted by molar-refractivity contribution is -0.134. The predicted molar refractivity (Wildman–Crippen MR) is 142 cm³/mol. The number of Topliss-reactive ketones (excluding diaryl/α,β-unsaturated/α-hetero) is 1. The summed E-state index contributed by atoms with van der Waals surface area (Å²) in [6.45, 7) is 7.60. The highest BCUT2D eigenvalue weighted by Gasteiger charge is 2.49. The maximum Gasteiger partial charge on any atom is 0.308 e. The Kier molecular flexibility index (Phi) is 8.09. The summed E-state index contributed by atoms with van der Waals surface area (Å²) < 4.78 is 16.7. The van der Waals surface area contributed by atoms with Gasteiger partial charge in [0.05, 0.1) is 12.4 Å². The minimum absolute atomic E-state index is 0.0248. The SMILES string of the molecule is CCN(C)C1C(Sc2ccc(C)cc2)c2ccc(OC(C)=O)c(OC(C)=O)c2C2CC(=O)C(OC)=CC21. The quantitative estimate of drug-likeness (QED) is 0.361. The van der Waals surface area contributed by atoms with Gasteiger partial charge >= 0.3 is 11.9 Å². The highest BCUT2D eigenvalue weighted by Crippen LogP contribution is 2.58. The molecule has 196 valence electrons. The van der Waals surface area contributed by atoms with E-state index in [1.165, 1.54) is 26.5 Å². The molecule has 7 nitrogen and oxygen atoms in total. The number of fused-ring (bicyclic) bond motifs is 3. The first kappa shape index (κ1) is 26.9. The second-order valence-electron chi connectivity index (χ2n) is 9.54. The van der Waals surface area contributed by atoms with Gasteiger partial charge in [-0.3, -0.25) is 14.4 Å². The first-order valence-electron chi connectivity index (χ1n) is 12.4. The van der Waals surface area contributed by atoms with E-state index in [2.05, 4.69) is 50.1 Å². The molecule has 2 aromatic carbocycles. The third-order valence-electron chi connectivity index (χ3n) is 7.08. The molecule has 0 radical (unpaired) electrons. The van der Waals surface area contributed by atoms with Crippen molar-refractivity contribution in [2.75, 3.05) is 20.7 Å². The van der Waals surface area contributed by atoms with Crippen molar-refractivity contribution in [1.29, 1.82) is 0 Å². The lowest BCUT2D eigenvalue weighted by Gasteiger charge is -2.48. The molecule has 0 saturated heterocycles. The molecule has 0 aliphatic heterocycles. The predicted octanol–water partition coefficient (Wildman–Crippen LogP) is 5.22. The Morgan fingerprint density at radius 3 is 2.32 bits per heavy atom. The number of ether oxygens (including phenoxy) is 3. The van der Waals surface area contributed by atoms with Gasteiger partial charge in [0.15, 0.2) is 23.0 Å². The fourth-order valence-corrected chi connectivity index (χ4v) is 6.81. The van der Waals surface area contributed by atoms with E-state index < -0.39 is 11.9 Å². The fourth-order valence-electron chi connectivity index (χ4n) is 5.36. The molecule has 0 saturated carbocycles. The van der Waals surface area contributed by atoms with Crippen LogP contribution in [-0.4, -0.2) is 49.4 Å². The number of nitrogens with zero attached hydrogens (tertiary/aromatic N) is 1. The van der Waals surface area contributed by atoms with Crippen LogP contribution in [0.5, 0.6) is 11.5 Å². The van der Waals surface area contributed by atoms with Gasteiger partial charge in [0, 0.05) is 48.6 Å². The molecular weight excluding hydrogens is 490 g/mol. The van der Waals surface area contributed by atoms with E-state index in [1.807, 2.05) is 12.1 Å². The van der Waals surface area contributed by atoms with E-state index in [9.17, 15) is 14.4 Å². The Morgan fingerprint density at radius 2 is 1.73 bits per heavy atom. The summed E-state index contributed by atoms with van der Waals surface area (Å²) in [6.07, 6.45) is 2.13. The average Bonchev–Trinajstić information content (AvgIpc) is 2.85. The molecule has 2 aliphatic carbocycles. The molecule has 4 rings (SSSR count). The number of ketones is 1. The van der Waals surface area contributed by atoms with Crippen molar-refractivity contribution in [3.63, 3.8) is 0 Å². The third-order valence-corrected chi connectivity index (χ3v) is 8.41. The fraction of sp³-hybridized carbons (Fsp3) is 0.414. The molecule has 4 unspecified atom stereocenters. The van der Waals surface area contributed by atoms with Crippen molar-refractivity contribution < 1.29 is 28.6 Å². The normalized spacial score (nSPS) is 22.6. The van der Waals surface area contributed by atoms with Crippen molar-refractivity contribution in [3.05, 3.63) is 64.9 Å². The Morgan fingerprint density at radius 1 is 1.05 bits per heavy atom. The zero-order chi connectivity index (χ0) is 26.9. The van der Waals surface area contributed by atoms with Gasteiger partial charge in [-0.1, -0.05) is 30.7 Å². The van der Waals surface area contributed by atoms with Crippen LogP contribution in [0, 0.1) is 12.8 Å². The van der Waals surface area contributed by atoms with Crippen LogP contribution in [0.4, 0.5) is 0 Å². The number of methoxy groups -OCH3 is 1. The largest absolute Gasteiger partial charge is 0.493 e. The summed E-state index contributed by atoms with van der Waals surface area (Å²) in [7, 11) is 3.60. The van der Waals surface area contributed by atoms with Gasteiger partial charge in [-0.15, -0.1) is 11.8 Å². The minimum Gasteiger partial charge on any atom is -0.493 e. The van der Waals surface area contributed by atoms with Crippen molar-refractivity contribution >= 4 is 29.5 Å². The number of carbonyl (C=O) groups is 3. The van der Waals surface area contributed by atoms with Crippen LogP contribution in [0.3, 0.4) is 0 Å². The summed E-state index contributed by atoms with van der Waals surface area (Å²) in [5, 5.41) is -0.0628. The number of hydrogen-bond donors (Lipinski definition) is 0. The van der Waals surface area contributed by atoms with Crippen molar-refractivity contribution in [3.8, 4) is 11.5 Å². The molecule has 2 aromatic rings. The minimum atomic E-state index is -0.524. The molecule has 0 bridgehead atoms. The number of aryl methyl sites for hydroxylation is 1. The van der Waals surface area contributed by atoms with Crippen molar-refractivity contribution in [1.82, 2.24) is 4.90 Å².